The van der Waals surface area contributed by atoms with Crippen LogP contribution < -0.4 is 4.90 Å². The summed E-state index contributed by atoms with van der Waals surface area (Å²) in [6.45, 7) is 3.75. The van der Waals surface area contributed by atoms with Gasteiger partial charge in [-0.15, -0.1) is 0 Å². The zero-order valence-electron chi connectivity index (χ0n) is 12.7. The van der Waals surface area contributed by atoms with E-state index in [0.29, 0.717) is 30.5 Å². The minimum Gasteiger partial charge on any atom is -0.356 e. The first kappa shape index (κ1) is 17.0. The Hall–Kier alpha value is -1.36. The first-order valence-electron chi connectivity index (χ1n) is 7.15. The second kappa shape index (κ2) is 6.82. The molecule has 1 aliphatic heterocycles. The Kier molecular flexibility index (Phi) is 5.27. The number of anilines is 1. The first-order valence-corrected chi connectivity index (χ1v) is 9.38. The van der Waals surface area contributed by atoms with Crippen molar-refractivity contribution in [3.8, 4) is 6.07 Å². The highest BCUT2D eigenvalue weighted by molar-refractivity contribution is 7.88. The maximum atomic E-state index is 11.8. The fraction of sp³-hybridized carbons (Fsp3) is 0.571. The molecule has 0 spiro atoms. The summed E-state index contributed by atoms with van der Waals surface area (Å²) in [5, 5.41) is 9.33. The maximum Gasteiger partial charge on any atom is 0.211 e. The molecule has 0 saturated carbocycles. The van der Waals surface area contributed by atoms with Gasteiger partial charge < -0.3 is 4.90 Å². The molecule has 120 valence electrons. The molecular weight excluding hydrogens is 324 g/mol. The Morgan fingerprint density at radius 1 is 1.45 bits per heavy atom. The minimum absolute atomic E-state index is 0.0268. The topological polar surface area (TPSA) is 77.3 Å². The second-order valence-electron chi connectivity index (χ2n) is 5.30. The molecule has 1 saturated heterocycles. The predicted octanol–water partition coefficient (Wildman–Crippen LogP) is 1.86. The van der Waals surface area contributed by atoms with Gasteiger partial charge in [0.15, 0.2) is 5.69 Å². The lowest BCUT2D eigenvalue weighted by Crippen LogP contribution is -2.47. The van der Waals surface area contributed by atoms with Crippen LogP contribution in [-0.2, 0) is 10.0 Å². The van der Waals surface area contributed by atoms with E-state index in [0.717, 1.165) is 12.8 Å². The van der Waals surface area contributed by atoms with E-state index in [9.17, 15) is 8.42 Å². The molecule has 1 aliphatic rings. The van der Waals surface area contributed by atoms with E-state index in [1.54, 1.807) is 16.4 Å². The molecule has 0 radical (unpaired) electrons. The van der Waals surface area contributed by atoms with Crippen molar-refractivity contribution in [2.45, 2.75) is 25.8 Å². The zero-order chi connectivity index (χ0) is 16.3. The van der Waals surface area contributed by atoms with E-state index in [1.807, 2.05) is 13.0 Å². The summed E-state index contributed by atoms with van der Waals surface area (Å²) in [5.74, 6) is 0.710. The van der Waals surface area contributed by atoms with Crippen molar-refractivity contribution in [3.63, 3.8) is 0 Å². The Morgan fingerprint density at radius 2 is 2.09 bits per heavy atom. The number of nitriles is 1. The largest absolute Gasteiger partial charge is 0.356 e. The molecule has 1 aromatic heterocycles. The van der Waals surface area contributed by atoms with Crippen LogP contribution in [0.15, 0.2) is 12.1 Å². The van der Waals surface area contributed by atoms with E-state index >= 15 is 0 Å². The molecule has 0 N–H and O–H groups in total. The summed E-state index contributed by atoms with van der Waals surface area (Å²) < 4.78 is 25.1. The number of rotatable bonds is 4. The lowest BCUT2D eigenvalue weighted by Gasteiger charge is -2.37. The van der Waals surface area contributed by atoms with Crippen LogP contribution in [0.3, 0.4) is 0 Å². The molecule has 1 fully saturated rings. The standard InChI is InChI=1S/C14H19ClN4O2S/c1-3-19(22(2,20)21)11-6-8-18(9-7-11)14-5-4-12(15)13(10-16)17-14/h4-5,11H,3,6-9H2,1-2H3. The van der Waals surface area contributed by atoms with Crippen LogP contribution in [0.2, 0.25) is 5.02 Å². The highest BCUT2D eigenvalue weighted by Crippen LogP contribution is 2.24. The Morgan fingerprint density at radius 3 is 2.59 bits per heavy atom. The van der Waals surface area contributed by atoms with Gasteiger partial charge in [0, 0.05) is 25.7 Å². The lowest BCUT2D eigenvalue weighted by molar-refractivity contribution is 0.285. The number of sulfonamides is 1. The molecule has 0 aromatic carbocycles. The van der Waals surface area contributed by atoms with Crippen molar-refractivity contribution in [1.82, 2.24) is 9.29 Å². The van der Waals surface area contributed by atoms with Gasteiger partial charge in [-0.2, -0.15) is 9.57 Å². The maximum absolute atomic E-state index is 11.8. The average molecular weight is 343 g/mol. The van der Waals surface area contributed by atoms with Crippen LogP contribution >= 0.6 is 11.6 Å². The Labute approximate surface area is 136 Å². The van der Waals surface area contributed by atoms with Crippen molar-refractivity contribution < 1.29 is 8.42 Å². The number of piperidine rings is 1. The van der Waals surface area contributed by atoms with E-state index in [1.165, 1.54) is 6.26 Å². The number of halogens is 1. The van der Waals surface area contributed by atoms with Crippen molar-refractivity contribution in [2.24, 2.45) is 0 Å². The van der Waals surface area contributed by atoms with Crippen LogP contribution in [0.1, 0.15) is 25.5 Å². The highest BCUT2D eigenvalue weighted by Gasteiger charge is 2.29. The number of pyridine rings is 1. The number of nitrogens with zero attached hydrogens (tertiary/aromatic N) is 4. The number of hydrogen-bond acceptors (Lipinski definition) is 5. The Balaban J connectivity index is 2.08. The molecular formula is C14H19ClN4O2S. The van der Waals surface area contributed by atoms with Gasteiger partial charge >= 0.3 is 0 Å². The summed E-state index contributed by atoms with van der Waals surface area (Å²) in [6.07, 6.45) is 2.74. The van der Waals surface area contributed by atoms with Gasteiger partial charge in [0.25, 0.3) is 0 Å². The van der Waals surface area contributed by atoms with Crippen molar-refractivity contribution in [1.29, 1.82) is 5.26 Å². The molecule has 22 heavy (non-hydrogen) atoms. The van der Waals surface area contributed by atoms with Crippen LogP contribution in [0.25, 0.3) is 0 Å². The van der Waals surface area contributed by atoms with E-state index in [4.69, 9.17) is 16.9 Å². The third-order valence-corrected chi connectivity index (χ3v) is 5.58. The Bertz CT molecular complexity index is 679. The monoisotopic (exact) mass is 342 g/mol. The van der Waals surface area contributed by atoms with Crippen LogP contribution in [-0.4, -0.2) is 49.6 Å². The van der Waals surface area contributed by atoms with Gasteiger partial charge in [-0.05, 0) is 25.0 Å². The molecule has 2 heterocycles. The SMILES string of the molecule is CCN(C1CCN(c2ccc(Cl)c(C#N)n2)CC1)S(C)(=O)=O. The number of hydrogen-bond donors (Lipinski definition) is 0. The van der Waals surface area contributed by atoms with Gasteiger partial charge in [0.1, 0.15) is 11.9 Å². The van der Waals surface area contributed by atoms with Crippen molar-refractivity contribution in [2.75, 3.05) is 30.8 Å². The summed E-state index contributed by atoms with van der Waals surface area (Å²) in [5.41, 5.74) is 0.215. The van der Waals surface area contributed by atoms with E-state index < -0.39 is 10.0 Å². The quantitative estimate of drug-likeness (QED) is 0.834. The zero-order valence-corrected chi connectivity index (χ0v) is 14.2. The summed E-state index contributed by atoms with van der Waals surface area (Å²) in [4.78, 5) is 6.31. The molecule has 6 nitrogen and oxygen atoms in total. The van der Waals surface area contributed by atoms with Gasteiger partial charge in [-0.3, -0.25) is 0 Å². The van der Waals surface area contributed by atoms with Crippen LogP contribution in [0.4, 0.5) is 5.82 Å². The molecule has 0 atom stereocenters. The molecule has 0 unspecified atom stereocenters. The molecule has 8 heteroatoms. The fourth-order valence-corrected chi connectivity index (χ4v) is 4.20. The van der Waals surface area contributed by atoms with Gasteiger partial charge in [-0.1, -0.05) is 18.5 Å². The average Bonchev–Trinajstić information content (AvgIpc) is 2.48. The first-order chi connectivity index (χ1) is 10.4. The third-order valence-electron chi connectivity index (χ3n) is 3.87. The predicted molar refractivity (Wildman–Crippen MR) is 86.4 cm³/mol. The third kappa shape index (κ3) is 3.69. The van der Waals surface area contributed by atoms with Gasteiger partial charge in [0.05, 0.1) is 11.3 Å². The second-order valence-corrected chi connectivity index (χ2v) is 7.64. The summed E-state index contributed by atoms with van der Waals surface area (Å²) >= 11 is 5.89. The van der Waals surface area contributed by atoms with Crippen LogP contribution in [0.5, 0.6) is 0 Å². The number of aromatic nitrogens is 1. The summed E-state index contributed by atoms with van der Waals surface area (Å²) in [6, 6.07) is 5.46. The minimum atomic E-state index is -3.17. The molecule has 0 aliphatic carbocycles. The highest BCUT2D eigenvalue weighted by atomic mass is 35.5. The molecule has 2 rings (SSSR count). The molecule has 0 bridgehead atoms. The van der Waals surface area contributed by atoms with E-state index in [-0.39, 0.29) is 11.7 Å². The van der Waals surface area contributed by atoms with Gasteiger partial charge in [-0.25, -0.2) is 13.4 Å². The van der Waals surface area contributed by atoms with Crippen LogP contribution in [0, 0.1) is 11.3 Å². The van der Waals surface area contributed by atoms with Crippen molar-refractivity contribution >= 4 is 27.4 Å². The summed E-state index contributed by atoms with van der Waals surface area (Å²) in [7, 11) is -3.17. The fourth-order valence-electron chi connectivity index (χ4n) is 2.83. The van der Waals surface area contributed by atoms with Crippen molar-refractivity contribution in [3.05, 3.63) is 22.8 Å². The lowest BCUT2D eigenvalue weighted by atomic mass is 10.1. The smallest absolute Gasteiger partial charge is 0.211 e. The molecule has 0 amide bonds. The molecule has 1 aromatic rings. The van der Waals surface area contributed by atoms with Gasteiger partial charge in [0.2, 0.25) is 10.0 Å². The van der Waals surface area contributed by atoms with E-state index in [2.05, 4.69) is 9.88 Å². The normalized spacial score (nSPS) is 16.8.